The van der Waals surface area contributed by atoms with Crippen molar-refractivity contribution in [2.24, 2.45) is 5.41 Å². The number of fused-ring (bicyclic) bond motifs is 2. The zero-order valence-corrected chi connectivity index (χ0v) is 13.5. The first kappa shape index (κ1) is 14.1. The summed E-state index contributed by atoms with van der Waals surface area (Å²) in [7, 11) is 0. The Bertz CT molecular complexity index is 914. The van der Waals surface area contributed by atoms with Gasteiger partial charge in [-0.3, -0.25) is 4.79 Å². The van der Waals surface area contributed by atoms with E-state index in [2.05, 4.69) is 44.1 Å². The number of anilines is 2. The second-order valence-electron chi connectivity index (χ2n) is 6.31. The average molecular weight is 326 g/mol. The van der Waals surface area contributed by atoms with Crippen LogP contribution in [0.2, 0.25) is 0 Å². The molecule has 0 saturated carbocycles. The van der Waals surface area contributed by atoms with Gasteiger partial charge in [-0.05, 0) is 11.8 Å². The summed E-state index contributed by atoms with van der Waals surface area (Å²) in [5, 5.41) is 3.80. The van der Waals surface area contributed by atoms with Crippen molar-refractivity contribution in [1.29, 1.82) is 0 Å². The van der Waals surface area contributed by atoms with Crippen molar-refractivity contribution >= 4 is 39.2 Å². The van der Waals surface area contributed by atoms with E-state index in [1.54, 1.807) is 12.4 Å². The second-order valence-corrected chi connectivity index (χ2v) is 7.31. The van der Waals surface area contributed by atoms with Gasteiger partial charge in [0.15, 0.2) is 27.9 Å². The van der Waals surface area contributed by atoms with Crippen molar-refractivity contribution in [1.82, 2.24) is 24.9 Å². The highest BCUT2D eigenvalue weighted by Gasteiger charge is 2.34. The molecule has 3 aromatic heterocycles. The van der Waals surface area contributed by atoms with Gasteiger partial charge >= 0.3 is 0 Å². The van der Waals surface area contributed by atoms with Crippen LogP contribution in [-0.4, -0.2) is 30.7 Å². The third-order valence-electron chi connectivity index (χ3n) is 3.73. The number of aromatic nitrogens is 5. The molecule has 1 aliphatic rings. The van der Waals surface area contributed by atoms with Crippen LogP contribution in [0.15, 0.2) is 18.7 Å². The van der Waals surface area contributed by atoms with Crippen LogP contribution in [-0.2, 0) is 6.42 Å². The zero-order valence-electron chi connectivity index (χ0n) is 12.7. The van der Waals surface area contributed by atoms with E-state index in [-0.39, 0.29) is 11.2 Å². The number of hydrogen-bond donors (Lipinski definition) is 1. The first-order chi connectivity index (χ1) is 11.0. The van der Waals surface area contributed by atoms with Gasteiger partial charge in [-0.1, -0.05) is 25.2 Å². The van der Waals surface area contributed by atoms with E-state index in [0.29, 0.717) is 28.5 Å². The molecular formula is C15H14N6OS. The lowest BCUT2D eigenvalue weighted by Crippen LogP contribution is -2.25. The molecule has 7 nitrogen and oxygen atoms in total. The molecule has 0 amide bonds. The van der Waals surface area contributed by atoms with Gasteiger partial charge < -0.3 is 5.32 Å². The van der Waals surface area contributed by atoms with Gasteiger partial charge in [-0.2, -0.15) is 0 Å². The number of Topliss-reactive ketones (excluding diaryl/α,β-unsaturated/α-hetero) is 1. The number of rotatable bonds is 2. The minimum atomic E-state index is -0.0392. The molecule has 3 aromatic rings. The number of nitrogens with zero attached hydrogens (tertiary/aromatic N) is 5. The van der Waals surface area contributed by atoms with E-state index < -0.39 is 0 Å². The quantitative estimate of drug-likeness (QED) is 0.774. The molecule has 0 atom stereocenters. The number of hydrogen-bond acceptors (Lipinski definition) is 8. The summed E-state index contributed by atoms with van der Waals surface area (Å²) in [5.74, 6) is 0.704. The summed E-state index contributed by atoms with van der Waals surface area (Å²) >= 11 is 1.37. The van der Waals surface area contributed by atoms with E-state index in [4.69, 9.17) is 0 Å². The summed E-state index contributed by atoms with van der Waals surface area (Å²) in [6, 6.07) is 0. The lowest BCUT2D eigenvalue weighted by Gasteiger charge is -2.26. The monoisotopic (exact) mass is 326 g/mol. The maximum atomic E-state index is 12.3. The van der Waals surface area contributed by atoms with Crippen LogP contribution in [0.1, 0.15) is 35.6 Å². The highest BCUT2D eigenvalue weighted by molar-refractivity contribution is 7.17. The van der Waals surface area contributed by atoms with Gasteiger partial charge in [0.1, 0.15) is 6.33 Å². The van der Waals surface area contributed by atoms with Crippen molar-refractivity contribution in [3.63, 3.8) is 0 Å². The van der Waals surface area contributed by atoms with E-state index >= 15 is 0 Å². The normalized spacial score (nSPS) is 16.3. The molecule has 0 radical (unpaired) electrons. The van der Waals surface area contributed by atoms with Crippen LogP contribution in [0.4, 0.5) is 10.9 Å². The molecule has 8 heteroatoms. The first-order valence-corrected chi connectivity index (χ1v) is 8.05. The molecule has 0 spiro atoms. The molecule has 1 N–H and O–H groups in total. The number of nitrogens with one attached hydrogen (secondary N) is 1. The van der Waals surface area contributed by atoms with Gasteiger partial charge in [-0.25, -0.2) is 24.9 Å². The fraction of sp³-hybridized carbons (Fsp3) is 0.333. The third-order valence-corrected chi connectivity index (χ3v) is 4.79. The highest BCUT2D eigenvalue weighted by atomic mass is 32.1. The molecule has 1 aliphatic carbocycles. The predicted molar refractivity (Wildman–Crippen MR) is 87.0 cm³/mol. The minimum absolute atomic E-state index is 0.0392. The fourth-order valence-electron chi connectivity index (χ4n) is 2.76. The topological polar surface area (TPSA) is 93.6 Å². The summed E-state index contributed by atoms with van der Waals surface area (Å²) in [5.41, 5.74) is 1.92. The Morgan fingerprint density at radius 2 is 1.96 bits per heavy atom. The van der Waals surface area contributed by atoms with Crippen molar-refractivity contribution < 1.29 is 4.79 Å². The molecule has 23 heavy (non-hydrogen) atoms. The summed E-state index contributed by atoms with van der Waals surface area (Å²) in [6.45, 7) is 4.18. The van der Waals surface area contributed by atoms with E-state index in [1.165, 1.54) is 17.7 Å². The molecular weight excluding hydrogens is 312 g/mol. The van der Waals surface area contributed by atoms with Crippen molar-refractivity contribution in [2.45, 2.75) is 26.7 Å². The lowest BCUT2D eigenvalue weighted by atomic mass is 9.78. The maximum absolute atomic E-state index is 12.3. The van der Waals surface area contributed by atoms with E-state index in [1.807, 2.05) is 0 Å². The van der Waals surface area contributed by atoms with Crippen LogP contribution in [0.3, 0.4) is 0 Å². The van der Waals surface area contributed by atoms with Crippen LogP contribution < -0.4 is 5.32 Å². The molecule has 3 heterocycles. The standard InChI is InChI=1S/C15H14N6OS/c1-15(2)5-8-11(9(22)6-15)23-14(20-8)21-13-10-12(18-7-19-13)17-4-3-16-10/h3-4,7H,5-6H2,1-2H3,(H,17,18,19,20,21). The highest BCUT2D eigenvalue weighted by Crippen LogP contribution is 2.39. The fourth-order valence-corrected chi connectivity index (χ4v) is 3.68. The predicted octanol–water partition coefficient (Wildman–Crippen LogP) is 2.78. The SMILES string of the molecule is CC1(C)CC(=O)c2sc(Nc3ncnc4nccnc34)nc2C1. The Labute approximate surface area is 136 Å². The summed E-state index contributed by atoms with van der Waals surface area (Å²) in [4.78, 5) is 34.3. The Balaban J connectivity index is 1.72. The van der Waals surface area contributed by atoms with Crippen LogP contribution in [0.5, 0.6) is 0 Å². The number of carbonyl (C=O) groups excluding carboxylic acids is 1. The molecule has 0 unspecified atom stereocenters. The first-order valence-electron chi connectivity index (χ1n) is 7.23. The molecule has 0 aromatic carbocycles. The van der Waals surface area contributed by atoms with Crippen molar-refractivity contribution in [2.75, 3.05) is 5.32 Å². The van der Waals surface area contributed by atoms with Gasteiger partial charge in [0.25, 0.3) is 0 Å². The number of thiazole rings is 1. The van der Waals surface area contributed by atoms with E-state index in [0.717, 1.165) is 17.0 Å². The smallest absolute Gasteiger partial charge is 0.189 e. The van der Waals surface area contributed by atoms with Crippen molar-refractivity contribution in [3.8, 4) is 0 Å². The largest absolute Gasteiger partial charge is 0.314 e. The molecule has 0 aliphatic heterocycles. The minimum Gasteiger partial charge on any atom is -0.314 e. The zero-order chi connectivity index (χ0) is 16.0. The number of carbonyl (C=O) groups is 1. The van der Waals surface area contributed by atoms with Gasteiger partial charge in [-0.15, -0.1) is 0 Å². The summed E-state index contributed by atoms with van der Waals surface area (Å²) in [6.07, 6.45) is 5.97. The molecule has 116 valence electrons. The second kappa shape index (κ2) is 5.02. The van der Waals surface area contributed by atoms with Crippen LogP contribution in [0.25, 0.3) is 11.2 Å². The lowest BCUT2D eigenvalue weighted by molar-refractivity contribution is 0.0916. The molecule has 0 bridgehead atoms. The molecule has 0 fully saturated rings. The molecule has 0 saturated heterocycles. The van der Waals surface area contributed by atoms with Gasteiger partial charge in [0, 0.05) is 18.8 Å². The van der Waals surface area contributed by atoms with Crippen LogP contribution in [0, 0.1) is 5.41 Å². The Hall–Kier alpha value is -2.48. The summed E-state index contributed by atoms with van der Waals surface area (Å²) < 4.78 is 0. The van der Waals surface area contributed by atoms with E-state index in [9.17, 15) is 4.79 Å². The Morgan fingerprint density at radius 3 is 2.83 bits per heavy atom. The maximum Gasteiger partial charge on any atom is 0.189 e. The Kier molecular flexibility index (Phi) is 3.08. The van der Waals surface area contributed by atoms with Crippen molar-refractivity contribution in [3.05, 3.63) is 29.3 Å². The van der Waals surface area contributed by atoms with Gasteiger partial charge in [0.05, 0.1) is 10.6 Å². The number of ketones is 1. The third kappa shape index (κ3) is 2.55. The Morgan fingerprint density at radius 1 is 1.13 bits per heavy atom. The van der Waals surface area contributed by atoms with Gasteiger partial charge in [0.2, 0.25) is 0 Å². The average Bonchev–Trinajstić information content (AvgIpc) is 2.89. The van der Waals surface area contributed by atoms with Crippen LogP contribution >= 0.6 is 11.3 Å². The molecule has 4 rings (SSSR count).